The molecule has 0 saturated carbocycles. The second kappa shape index (κ2) is 11.2. The van der Waals surface area contributed by atoms with Crippen LogP contribution in [0, 0.1) is 0 Å². The molecule has 10 heteroatoms. The maximum atomic E-state index is 12.8. The Hall–Kier alpha value is -4.57. The SMILES string of the molecule is CCOC(=O)NS(=O)(=O)c1ccc(C(=O)C=Cc2cc(-c3cc4ccccc4[nH]3)c(OC)cc2OC)cc1. The van der Waals surface area contributed by atoms with Crippen LogP contribution in [0.4, 0.5) is 4.79 Å². The molecular weight excluding hydrogens is 508 g/mol. The Kier molecular flexibility index (Phi) is 7.82. The fraction of sp³-hybridized carbons (Fsp3) is 0.143. The number of rotatable bonds is 9. The van der Waals surface area contributed by atoms with Gasteiger partial charge in [-0.15, -0.1) is 0 Å². The lowest BCUT2D eigenvalue weighted by Gasteiger charge is -2.12. The number of methoxy groups -OCH3 is 2. The average Bonchev–Trinajstić information content (AvgIpc) is 3.35. The zero-order valence-electron chi connectivity index (χ0n) is 21.0. The van der Waals surface area contributed by atoms with Crippen molar-refractivity contribution >= 4 is 38.9 Å². The molecule has 0 atom stereocenters. The van der Waals surface area contributed by atoms with E-state index in [0.29, 0.717) is 17.1 Å². The van der Waals surface area contributed by atoms with Gasteiger partial charge in [0.05, 0.1) is 31.4 Å². The molecular formula is C28H26N2O7S. The minimum Gasteiger partial charge on any atom is -0.496 e. The van der Waals surface area contributed by atoms with E-state index in [1.807, 2.05) is 36.4 Å². The third kappa shape index (κ3) is 5.70. The van der Waals surface area contributed by atoms with Crippen molar-refractivity contribution in [2.24, 2.45) is 0 Å². The summed E-state index contributed by atoms with van der Waals surface area (Å²) in [6, 6.07) is 18.8. The number of carbonyl (C=O) groups excluding carboxylic acids is 2. The molecule has 0 spiro atoms. The second-order valence-corrected chi connectivity index (χ2v) is 9.80. The van der Waals surface area contributed by atoms with Crippen molar-refractivity contribution in [2.75, 3.05) is 20.8 Å². The number of sulfonamides is 1. The summed E-state index contributed by atoms with van der Waals surface area (Å²) in [5, 5.41) is 1.05. The molecule has 4 rings (SSSR count). The lowest BCUT2D eigenvalue weighted by Crippen LogP contribution is -2.31. The molecule has 1 amide bonds. The third-order valence-corrected chi connectivity index (χ3v) is 7.06. The average molecular weight is 535 g/mol. The van der Waals surface area contributed by atoms with Gasteiger partial charge < -0.3 is 19.2 Å². The summed E-state index contributed by atoms with van der Waals surface area (Å²) in [7, 11) is -1.02. The molecule has 2 N–H and O–H groups in total. The number of amides is 1. The fourth-order valence-electron chi connectivity index (χ4n) is 3.87. The summed E-state index contributed by atoms with van der Waals surface area (Å²) in [5.74, 6) is 0.764. The predicted octanol–water partition coefficient (Wildman–Crippen LogP) is 5.18. The van der Waals surface area contributed by atoms with E-state index in [9.17, 15) is 18.0 Å². The topological polar surface area (TPSA) is 124 Å². The summed E-state index contributed by atoms with van der Waals surface area (Å²) in [6.45, 7) is 1.59. The number of para-hydroxylation sites is 1. The molecule has 0 radical (unpaired) electrons. The van der Waals surface area contributed by atoms with Crippen molar-refractivity contribution in [3.8, 4) is 22.8 Å². The number of hydrogen-bond donors (Lipinski definition) is 2. The molecule has 0 aliphatic carbocycles. The molecule has 0 aliphatic rings. The Morgan fingerprint density at radius 2 is 1.66 bits per heavy atom. The van der Waals surface area contributed by atoms with E-state index in [-0.39, 0.29) is 22.8 Å². The fourth-order valence-corrected chi connectivity index (χ4v) is 4.76. The van der Waals surface area contributed by atoms with E-state index in [2.05, 4.69) is 9.72 Å². The van der Waals surface area contributed by atoms with Crippen LogP contribution in [0.1, 0.15) is 22.8 Å². The van der Waals surface area contributed by atoms with Crippen LogP contribution in [0.3, 0.4) is 0 Å². The van der Waals surface area contributed by atoms with Crippen LogP contribution in [0.2, 0.25) is 0 Å². The van der Waals surface area contributed by atoms with Gasteiger partial charge in [0.1, 0.15) is 11.5 Å². The summed E-state index contributed by atoms with van der Waals surface area (Å²) in [6.07, 6.45) is 1.93. The number of aromatic nitrogens is 1. The van der Waals surface area contributed by atoms with E-state index >= 15 is 0 Å². The van der Waals surface area contributed by atoms with Crippen molar-refractivity contribution in [2.45, 2.75) is 11.8 Å². The van der Waals surface area contributed by atoms with Crippen LogP contribution in [-0.2, 0) is 14.8 Å². The van der Waals surface area contributed by atoms with Gasteiger partial charge in [0.15, 0.2) is 5.78 Å². The standard InChI is InChI=1S/C28H26N2O7S/c1-4-37-28(32)30-38(33,34)21-12-9-18(10-13-21)25(31)14-11-20-15-22(27(36-3)17-26(20)35-2)24-16-19-7-5-6-8-23(19)29-24/h5-17,29H,4H2,1-3H3,(H,30,32). The summed E-state index contributed by atoms with van der Waals surface area (Å²) in [5.41, 5.74) is 3.53. The molecule has 38 heavy (non-hydrogen) atoms. The van der Waals surface area contributed by atoms with Crippen molar-refractivity contribution in [1.82, 2.24) is 9.71 Å². The predicted molar refractivity (Wildman–Crippen MR) is 144 cm³/mol. The number of ether oxygens (including phenoxy) is 3. The number of fused-ring (bicyclic) bond motifs is 1. The number of nitrogens with one attached hydrogen (secondary N) is 2. The van der Waals surface area contributed by atoms with Crippen molar-refractivity contribution in [3.05, 3.63) is 83.9 Å². The number of aromatic amines is 1. The molecule has 0 unspecified atom stereocenters. The first-order valence-electron chi connectivity index (χ1n) is 11.6. The molecule has 9 nitrogen and oxygen atoms in total. The first kappa shape index (κ1) is 26.5. The third-order valence-electron chi connectivity index (χ3n) is 5.73. The van der Waals surface area contributed by atoms with Gasteiger partial charge in [0.2, 0.25) is 0 Å². The smallest absolute Gasteiger partial charge is 0.421 e. The Morgan fingerprint density at radius 3 is 2.32 bits per heavy atom. The first-order valence-corrected chi connectivity index (χ1v) is 13.1. The van der Waals surface area contributed by atoms with E-state index in [4.69, 9.17) is 9.47 Å². The molecule has 0 saturated heterocycles. The van der Waals surface area contributed by atoms with Crippen molar-refractivity contribution in [1.29, 1.82) is 0 Å². The molecule has 196 valence electrons. The van der Waals surface area contributed by atoms with Gasteiger partial charge in [0, 0.05) is 33.7 Å². The number of ketones is 1. The number of carbonyl (C=O) groups is 2. The molecule has 3 aromatic carbocycles. The Morgan fingerprint density at radius 1 is 0.947 bits per heavy atom. The Balaban J connectivity index is 1.60. The lowest BCUT2D eigenvalue weighted by molar-refractivity contribution is 0.104. The number of benzene rings is 3. The van der Waals surface area contributed by atoms with Crippen LogP contribution in [0.25, 0.3) is 28.2 Å². The van der Waals surface area contributed by atoms with Crippen LogP contribution < -0.4 is 14.2 Å². The first-order chi connectivity index (χ1) is 18.2. The quantitative estimate of drug-likeness (QED) is 0.224. The highest BCUT2D eigenvalue weighted by Gasteiger charge is 2.19. The molecule has 0 fully saturated rings. The molecule has 0 aliphatic heterocycles. The largest absolute Gasteiger partial charge is 0.496 e. The highest BCUT2D eigenvalue weighted by atomic mass is 32.2. The van der Waals surface area contributed by atoms with Crippen molar-refractivity contribution in [3.63, 3.8) is 0 Å². The number of hydrogen-bond acceptors (Lipinski definition) is 7. The van der Waals surface area contributed by atoms with Crippen LogP contribution >= 0.6 is 0 Å². The molecule has 1 heterocycles. The normalized spacial score (nSPS) is 11.4. The van der Waals surface area contributed by atoms with E-state index < -0.39 is 16.1 Å². The van der Waals surface area contributed by atoms with Gasteiger partial charge in [-0.25, -0.2) is 17.9 Å². The Labute approximate surface area is 220 Å². The van der Waals surface area contributed by atoms with Crippen LogP contribution in [0.15, 0.2) is 77.7 Å². The van der Waals surface area contributed by atoms with Gasteiger partial charge in [-0.1, -0.05) is 18.2 Å². The number of allylic oxidation sites excluding steroid dienone is 1. The summed E-state index contributed by atoms with van der Waals surface area (Å²) in [4.78, 5) is 27.5. The van der Waals surface area contributed by atoms with Gasteiger partial charge in [0.25, 0.3) is 10.0 Å². The van der Waals surface area contributed by atoms with Gasteiger partial charge in [-0.3, -0.25) is 4.79 Å². The van der Waals surface area contributed by atoms with Crippen LogP contribution in [0.5, 0.6) is 11.5 Å². The summed E-state index contributed by atoms with van der Waals surface area (Å²) >= 11 is 0. The molecule has 0 bridgehead atoms. The minimum absolute atomic E-state index is 0.0311. The van der Waals surface area contributed by atoms with E-state index in [1.165, 1.54) is 37.5 Å². The Bertz CT molecular complexity index is 1590. The second-order valence-electron chi connectivity index (χ2n) is 8.11. The minimum atomic E-state index is -4.12. The number of H-pyrrole nitrogens is 1. The zero-order chi connectivity index (χ0) is 27.3. The zero-order valence-corrected chi connectivity index (χ0v) is 21.8. The maximum absolute atomic E-state index is 12.8. The highest BCUT2D eigenvalue weighted by Crippen LogP contribution is 2.37. The van der Waals surface area contributed by atoms with Crippen molar-refractivity contribution < 1.29 is 32.2 Å². The highest BCUT2D eigenvalue weighted by molar-refractivity contribution is 7.90. The summed E-state index contributed by atoms with van der Waals surface area (Å²) < 4.78 is 42.1. The van der Waals surface area contributed by atoms with Gasteiger partial charge in [-0.2, -0.15) is 0 Å². The van der Waals surface area contributed by atoms with E-state index in [1.54, 1.807) is 30.9 Å². The lowest BCUT2D eigenvalue weighted by atomic mass is 10.0. The molecule has 4 aromatic rings. The van der Waals surface area contributed by atoms with E-state index in [0.717, 1.165) is 22.2 Å². The van der Waals surface area contributed by atoms with Gasteiger partial charge >= 0.3 is 6.09 Å². The van der Waals surface area contributed by atoms with Gasteiger partial charge in [-0.05, 0) is 61.5 Å². The maximum Gasteiger partial charge on any atom is 0.421 e. The van der Waals surface area contributed by atoms with Crippen LogP contribution in [-0.4, -0.2) is 46.1 Å². The molecule has 1 aromatic heterocycles. The monoisotopic (exact) mass is 534 g/mol.